The van der Waals surface area contributed by atoms with Crippen molar-refractivity contribution in [3.05, 3.63) is 0 Å². The van der Waals surface area contributed by atoms with Crippen molar-refractivity contribution in [2.45, 2.75) is 91.0 Å². The third-order valence-corrected chi connectivity index (χ3v) is 4.72. The third kappa shape index (κ3) is 6.67. The van der Waals surface area contributed by atoms with Crippen molar-refractivity contribution in [3.63, 3.8) is 0 Å². The summed E-state index contributed by atoms with van der Waals surface area (Å²) in [4.78, 5) is 23.3. The highest BCUT2D eigenvalue weighted by Gasteiger charge is 2.38. The lowest BCUT2D eigenvalue weighted by atomic mass is 9.84. The van der Waals surface area contributed by atoms with Crippen LogP contribution in [0.2, 0.25) is 0 Å². The van der Waals surface area contributed by atoms with Crippen LogP contribution in [-0.2, 0) is 9.53 Å². The molecule has 24 heavy (non-hydrogen) atoms. The van der Waals surface area contributed by atoms with Crippen LogP contribution in [0, 0.1) is 11.8 Å². The molecule has 5 atom stereocenters. The Labute approximate surface area is 145 Å². The van der Waals surface area contributed by atoms with E-state index in [1.165, 1.54) is 6.92 Å². The highest BCUT2D eigenvalue weighted by atomic mass is 16.6. The standard InChI is InChI=1S/C18H34N2O4/c1-7-13(11(2)19-12(3)21)10-14-15(8-9-16(14)22)20-17(23)24-18(4,5)6/h11,13-16,22H,7-10H2,1-6H3,(H,19,21)(H,20,23). The average Bonchev–Trinajstić information content (AvgIpc) is 2.73. The van der Waals surface area contributed by atoms with Gasteiger partial charge in [-0.25, -0.2) is 4.79 Å². The molecular formula is C18H34N2O4. The van der Waals surface area contributed by atoms with Crippen LogP contribution in [0.4, 0.5) is 4.79 Å². The van der Waals surface area contributed by atoms with Crippen molar-refractivity contribution in [1.82, 2.24) is 10.6 Å². The number of aliphatic hydroxyl groups is 1. The maximum absolute atomic E-state index is 12.0. The first kappa shape index (κ1) is 20.7. The van der Waals surface area contributed by atoms with Gasteiger partial charge in [0.2, 0.25) is 5.91 Å². The van der Waals surface area contributed by atoms with E-state index in [0.717, 1.165) is 19.3 Å². The fourth-order valence-electron chi connectivity index (χ4n) is 3.52. The number of aliphatic hydroxyl groups excluding tert-OH is 1. The second-order valence-electron chi connectivity index (χ2n) is 7.95. The summed E-state index contributed by atoms with van der Waals surface area (Å²) in [6, 6.07) is -0.0455. The van der Waals surface area contributed by atoms with Crippen LogP contribution in [-0.4, -0.2) is 40.9 Å². The normalized spacial score (nSPS) is 26.5. The van der Waals surface area contributed by atoms with Gasteiger partial charge < -0.3 is 20.5 Å². The molecule has 1 saturated carbocycles. The van der Waals surface area contributed by atoms with Crippen LogP contribution < -0.4 is 10.6 Å². The second-order valence-corrected chi connectivity index (χ2v) is 7.95. The number of rotatable bonds is 6. The smallest absolute Gasteiger partial charge is 0.407 e. The van der Waals surface area contributed by atoms with Crippen molar-refractivity contribution >= 4 is 12.0 Å². The molecule has 1 fully saturated rings. The van der Waals surface area contributed by atoms with Gasteiger partial charge >= 0.3 is 6.09 Å². The Kier molecular flexibility index (Phi) is 7.52. The molecule has 0 aromatic rings. The lowest BCUT2D eigenvalue weighted by molar-refractivity contribution is -0.119. The van der Waals surface area contributed by atoms with Crippen LogP contribution in [0.15, 0.2) is 0 Å². The molecule has 0 spiro atoms. The molecule has 3 N–H and O–H groups in total. The Balaban J connectivity index is 2.68. The van der Waals surface area contributed by atoms with Crippen molar-refractivity contribution in [3.8, 4) is 0 Å². The van der Waals surface area contributed by atoms with E-state index in [4.69, 9.17) is 4.74 Å². The lowest BCUT2D eigenvalue weighted by Crippen LogP contribution is -2.44. The first-order valence-corrected chi connectivity index (χ1v) is 8.98. The molecule has 0 aromatic carbocycles. The number of alkyl carbamates (subject to hydrolysis) is 1. The average molecular weight is 342 g/mol. The summed E-state index contributed by atoms with van der Waals surface area (Å²) in [5.41, 5.74) is -0.539. The van der Waals surface area contributed by atoms with Crippen molar-refractivity contribution in [2.24, 2.45) is 11.8 Å². The summed E-state index contributed by atoms with van der Waals surface area (Å²) in [6.07, 6.45) is 2.23. The summed E-state index contributed by atoms with van der Waals surface area (Å²) >= 11 is 0. The molecule has 0 aromatic heterocycles. The molecule has 0 saturated heterocycles. The van der Waals surface area contributed by atoms with Crippen LogP contribution in [0.25, 0.3) is 0 Å². The van der Waals surface area contributed by atoms with Gasteiger partial charge in [-0.05, 0) is 52.9 Å². The highest BCUT2D eigenvalue weighted by molar-refractivity contribution is 5.73. The molecule has 0 aliphatic heterocycles. The van der Waals surface area contributed by atoms with E-state index >= 15 is 0 Å². The molecule has 1 rings (SSSR count). The molecule has 1 aliphatic rings. The highest BCUT2D eigenvalue weighted by Crippen LogP contribution is 2.33. The van der Waals surface area contributed by atoms with E-state index in [9.17, 15) is 14.7 Å². The largest absolute Gasteiger partial charge is 0.444 e. The molecule has 2 amide bonds. The molecule has 0 heterocycles. The summed E-state index contributed by atoms with van der Waals surface area (Å²) in [7, 11) is 0. The van der Waals surface area contributed by atoms with E-state index < -0.39 is 17.8 Å². The first-order chi connectivity index (χ1) is 11.0. The molecular weight excluding hydrogens is 308 g/mol. The predicted octanol–water partition coefficient (Wildman–Crippen LogP) is 2.59. The summed E-state index contributed by atoms with van der Waals surface area (Å²) in [5, 5.41) is 16.2. The number of amides is 2. The van der Waals surface area contributed by atoms with Gasteiger partial charge in [0.05, 0.1) is 6.10 Å². The number of carbonyl (C=O) groups excluding carboxylic acids is 2. The summed E-state index contributed by atoms with van der Waals surface area (Å²) in [5.74, 6) is 0.199. The van der Waals surface area contributed by atoms with Crippen LogP contribution >= 0.6 is 0 Å². The minimum atomic E-state index is -0.539. The molecule has 0 radical (unpaired) electrons. The summed E-state index contributed by atoms with van der Waals surface area (Å²) in [6.45, 7) is 11.1. The molecule has 0 bridgehead atoms. The van der Waals surface area contributed by atoms with Gasteiger partial charge in [-0.15, -0.1) is 0 Å². The Morgan fingerprint density at radius 2 is 1.92 bits per heavy atom. The van der Waals surface area contributed by atoms with E-state index in [1.54, 1.807) is 0 Å². The quantitative estimate of drug-likeness (QED) is 0.692. The maximum Gasteiger partial charge on any atom is 0.407 e. The van der Waals surface area contributed by atoms with E-state index in [2.05, 4.69) is 17.6 Å². The number of carbonyl (C=O) groups is 2. The topological polar surface area (TPSA) is 87.7 Å². The Bertz CT molecular complexity index is 433. The third-order valence-electron chi connectivity index (χ3n) is 4.72. The van der Waals surface area contributed by atoms with Crippen LogP contribution in [0.3, 0.4) is 0 Å². The monoisotopic (exact) mass is 342 g/mol. The van der Waals surface area contributed by atoms with Crippen LogP contribution in [0.1, 0.15) is 67.2 Å². The first-order valence-electron chi connectivity index (χ1n) is 8.98. The zero-order valence-corrected chi connectivity index (χ0v) is 15.9. The number of nitrogens with one attached hydrogen (secondary N) is 2. The Morgan fingerprint density at radius 1 is 1.29 bits per heavy atom. The fraction of sp³-hybridized carbons (Fsp3) is 0.889. The van der Waals surface area contributed by atoms with Gasteiger partial charge in [0.15, 0.2) is 0 Å². The van der Waals surface area contributed by atoms with Gasteiger partial charge in [0.1, 0.15) is 5.60 Å². The van der Waals surface area contributed by atoms with Gasteiger partial charge in [-0.3, -0.25) is 4.79 Å². The van der Waals surface area contributed by atoms with E-state index in [0.29, 0.717) is 6.42 Å². The molecule has 6 nitrogen and oxygen atoms in total. The van der Waals surface area contributed by atoms with Gasteiger partial charge in [-0.1, -0.05) is 13.3 Å². The lowest BCUT2D eigenvalue weighted by Gasteiger charge is -2.31. The zero-order chi connectivity index (χ0) is 18.5. The van der Waals surface area contributed by atoms with Gasteiger partial charge in [-0.2, -0.15) is 0 Å². The SMILES string of the molecule is CCC(CC1C(O)CCC1NC(=O)OC(C)(C)C)C(C)NC(C)=O. The Morgan fingerprint density at radius 3 is 2.42 bits per heavy atom. The van der Waals surface area contributed by atoms with E-state index in [-0.39, 0.29) is 29.8 Å². The zero-order valence-electron chi connectivity index (χ0n) is 15.9. The number of ether oxygens (including phenoxy) is 1. The molecule has 140 valence electrons. The molecule has 1 aliphatic carbocycles. The number of hydrogen-bond acceptors (Lipinski definition) is 4. The van der Waals surface area contributed by atoms with Crippen molar-refractivity contribution < 1.29 is 19.4 Å². The van der Waals surface area contributed by atoms with Crippen molar-refractivity contribution in [2.75, 3.05) is 0 Å². The Hall–Kier alpha value is -1.30. The second kappa shape index (κ2) is 8.70. The fourth-order valence-corrected chi connectivity index (χ4v) is 3.52. The minimum Gasteiger partial charge on any atom is -0.444 e. The maximum atomic E-state index is 12.0. The van der Waals surface area contributed by atoms with Crippen molar-refractivity contribution in [1.29, 1.82) is 0 Å². The molecule has 6 heteroatoms. The minimum absolute atomic E-state index is 0.0151. The van der Waals surface area contributed by atoms with Gasteiger partial charge in [0.25, 0.3) is 0 Å². The molecule has 5 unspecified atom stereocenters. The van der Waals surface area contributed by atoms with Crippen LogP contribution in [0.5, 0.6) is 0 Å². The number of hydrogen-bond donors (Lipinski definition) is 3. The van der Waals surface area contributed by atoms with Gasteiger partial charge in [0, 0.05) is 24.9 Å². The summed E-state index contributed by atoms with van der Waals surface area (Å²) < 4.78 is 5.33. The van der Waals surface area contributed by atoms with E-state index in [1.807, 2.05) is 27.7 Å². The predicted molar refractivity (Wildman–Crippen MR) is 93.6 cm³/mol.